The molecule has 0 radical (unpaired) electrons. The molecule has 17 heteroatoms. The Balaban J connectivity index is 0.000000154. The average Bonchev–Trinajstić information content (AvgIpc) is 3.20. The molecule has 8 rings (SSSR count). The van der Waals surface area contributed by atoms with Gasteiger partial charge in [0.25, 0.3) is 0 Å². The Morgan fingerprint density at radius 2 is 0.967 bits per heavy atom. The van der Waals surface area contributed by atoms with Crippen LogP contribution in [0.1, 0.15) is 6.92 Å². The summed E-state index contributed by atoms with van der Waals surface area (Å²) in [5, 5.41) is 3.37. The second-order valence-electron chi connectivity index (χ2n) is 15.2. The number of quaternary nitrogens is 2. The van der Waals surface area contributed by atoms with Crippen molar-refractivity contribution in [3.8, 4) is 0 Å². The number of carbonyl (C=O) groups is 1. The van der Waals surface area contributed by atoms with Crippen LogP contribution in [0.5, 0.6) is 0 Å². The quantitative estimate of drug-likeness (QED) is 0.166. The van der Waals surface area contributed by atoms with Crippen molar-refractivity contribution in [1.29, 1.82) is 0 Å². The number of rotatable bonds is 6. The van der Waals surface area contributed by atoms with Gasteiger partial charge >= 0.3 is 0 Å². The Bertz CT molecular complexity index is 2680. The van der Waals surface area contributed by atoms with Gasteiger partial charge in [-0.25, -0.2) is 16.8 Å². The fourth-order valence-corrected chi connectivity index (χ4v) is 10.3. The van der Waals surface area contributed by atoms with Crippen molar-refractivity contribution in [2.45, 2.75) is 36.3 Å². The van der Waals surface area contributed by atoms with E-state index in [-0.39, 0.29) is 16.7 Å². The Hall–Kier alpha value is -5.11. The van der Waals surface area contributed by atoms with E-state index in [9.17, 15) is 30.7 Å². The molecule has 0 unspecified atom stereocenters. The van der Waals surface area contributed by atoms with Gasteiger partial charge in [0.15, 0.2) is 0 Å². The van der Waals surface area contributed by atoms with E-state index >= 15 is 0 Å². The smallest absolute Gasteiger partial charge is 0.228 e. The number of benzene rings is 6. The lowest BCUT2D eigenvalue weighted by atomic mass is 10.1. The molecule has 2 aliphatic rings. The molecule has 0 saturated heterocycles. The van der Waals surface area contributed by atoms with Crippen molar-refractivity contribution in [3.05, 3.63) is 109 Å². The van der Waals surface area contributed by atoms with E-state index in [0.717, 1.165) is 44.7 Å². The number of nitrogens with zero attached hydrogens (tertiary/aromatic N) is 3. The predicted octanol–water partition coefficient (Wildman–Crippen LogP) is 6.06. The molecule has 0 bridgehead atoms. The van der Waals surface area contributed by atoms with Gasteiger partial charge in [0.1, 0.15) is 31.6 Å². The molecular weight excluding hydrogens is 853 g/mol. The van der Waals surface area contributed by atoms with Crippen molar-refractivity contribution in [2.75, 3.05) is 76.4 Å². The molecule has 61 heavy (non-hydrogen) atoms. The molecule has 0 spiro atoms. The van der Waals surface area contributed by atoms with Crippen LogP contribution in [-0.4, -0.2) is 88.2 Å². The van der Waals surface area contributed by atoms with Crippen molar-refractivity contribution in [1.82, 2.24) is 0 Å². The molecule has 0 atom stereocenters. The Kier molecular flexibility index (Phi) is 13.5. The van der Waals surface area contributed by atoms with Gasteiger partial charge in [-0.1, -0.05) is 47.8 Å². The lowest BCUT2D eigenvalue weighted by Crippen LogP contribution is -3.00. The second-order valence-corrected chi connectivity index (χ2v) is 20.1. The topological polar surface area (TPSA) is 162 Å². The minimum Gasteiger partial charge on any atom is -0.744 e. The standard InChI is InChI=1S/C18H21N3OS.C16H19N3S.C10H8O6S2/c1-12(22)21-15-8-6-13(19(2)3)10-17(15)23-18-11-14(20(4)5)7-9-16(18)21;1-18(2)11-5-7-13-15(9-11)20-16-10-12(19(3)4)6-8-14(16)17-13;11-17(12,13)9-5-1-3-7-8(9)4-2-6-10(7)18(14,15)16/h6-11H,1-5H3;5-10,17H,1-4H3;1-6H,(H,11,12,13)(H,14,15,16). The maximum Gasteiger partial charge on any atom is 0.228 e. The lowest BCUT2D eigenvalue weighted by Gasteiger charge is -2.32. The molecular formula is C44H48N6O7S4. The van der Waals surface area contributed by atoms with Crippen molar-refractivity contribution < 1.29 is 40.5 Å². The molecule has 0 aliphatic carbocycles. The number of nitrogens with one attached hydrogen (secondary N) is 3. The van der Waals surface area contributed by atoms with Gasteiger partial charge in [0.05, 0.1) is 60.7 Å². The largest absolute Gasteiger partial charge is 0.744 e. The Morgan fingerprint density at radius 3 is 1.31 bits per heavy atom. The molecule has 3 N–H and O–H groups in total. The van der Waals surface area contributed by atoms with Crippen molar-refractivity contribution >= 4 is 106 Å². The molecule has 320 valence electrons. The monoisotopic (exact) mass is 900 g/mol. The van der Waals surface area contributed by atoms with E-state index in [1.165, 1.54) is 66.6 Å². The van der Waals surface area contributed by atoms with Gasteiger partial charge < -0.3 is 34.0 Å². The number of carbonyl (C=O) groups excluding carboxylic acids is 1. The van der Waals surface area contributed by atoms with Crippen molar-refractivity contribution in [3.63, 3.8) is 0 Å². The number of anilines is 6. The normalized spacial score (nSPS) is 12.8. The lowest BCUT2D eigenvalue weighted by molar-refractivity contribution is -0.786. The fraction of sp³-hybridized carbons (Fsp3) is 0.205. The van der Waals surface area contributed by atoms with Gasteiger partial charge in [-0.15, -0.1) is 0 Å². The van der Waals surface area contributed by atoms with E-state index in [1.54, 1.807) is 23.6 Å². The Morgan fingerprint density at radius 1 is 0.574 bits per heavy atom. The van der Waals surface area contributed by atoms with E-state index in [1.807, 2.05) is 52.1 Å². The van der Waals surface area contributed by atoms with Crippen LogP contribution in [-0.2, 0) is 25.0 Å². The number of amides is 1. The zero-order valence-corrected chi connectivity index (χ0v) is 38.5. The minimum atomic E-state index is -4.74. The predicted molar refractivity (Wildman–Crippen MR) is 244 cm³/mol. The molecule has 0 fully saturated rings. The summed E-state index contributed by atoms with van der Waals surface area (Å²) in [5.41, 5.74) is 9.22. The van der Waals surface area contributed by atoms with Crippen LogP contribution >= 0.6 is 23.5 Å². The second kappa shape index (κ2) is 18.1. The highest BCUT2D eigenvalue weighted by atomic mass is 32.2. The van der Waals surface area contributed by atoms with Crippen LogP contribution in [0.25, 0.3) is 10.8 Å². The Labute approximate surface area is 366 Å². The third-order valence-electron chi connectivity index (χ3n) is 9.92. The van der Waals surface area contributed by atoms with Gasteiger partial charge in [-0.3, -0.25) is 9.69 Å². The summed E-state index contributed by atoms with van der Waals surface area (Å²) >= 11 is 3.58. The van der Waals surface area contributed by atoms with Gasteiger partial charge in [-0.05, 0) is 60.7 Å². The van der Waals surface area contributed by atoms with Crippen LogP contribution in [0, 0.1) is 0 Å². The maximum absolute atomic E-state index is 12.3. The number of hydrogen-bond acceptors (Lipinski definition) is 12. The third kappa shape index (κ3) is 10.2. The first kappa shape index (κ1) is 45.4. The molecule has 2 aliphatic heterocycles. The first-order valence-corrected chi connectivity index (χ1v) is 23.5. The van der Waals surface area contributed by atoms with E-state index in [4.69, 9.17) is 0 Å². The summed E-state index contributed by atoms with van der Waals surface area (Å²) in [5.74, 6) is 0.0306. The van der Waals surface area contributed by atoms with Crippen LogP contribution in [0.3, 0.4) is 0 Å². The molecule has 0 saturated carbocycles. The first-order valence-electron chi connectivity index (χ1n) is 19.0. The van der Waals surface area contributed by atoms with Crippen LogP contribution in [0.15, 0.2) is 139 Å². The molecule has 13 nitrogen and oxygen atoms in total. The summed E-state index contributed by atoms with van der Waals surface area (Å²) in [6.45, 7) is 1.61. The van der Waals surface area contributed by atoms with E-state index in [2.05, 4.69) is 104 Å². The highest BCUT2D eigenvalue weighted by Gasteiger charge is 2.27. The molecule has 1 amide bonds. The summed E-state index contributed by atoms with van der Waals surface area (Å²) < 4.78 is 66.1. The highest BCUT2D eigenvalue weighted by molar-refractivity contribution is 8.00. The maximum atomic E-state index is 12.3. The van der Waals surface area contributed by atoms with Gasteiger partial charge in [-0.2, -0.15) is 0 Å². The molecule has 2 heterocycles. The summed E-state index contributed by atoms with van der Waals surface area (Å²) in [6.07, 6.45) is 0. The SMILES string of the molecule is CC(=O)N1c2ccc(N(C)C)cc2Sc2cc(N(C)C)ccc21.C[NH+](C)c1ccc2c(c1)Sc1cc([NH+](C)C)ccc1N2.O=S(=O)([O-])c1cccc2c(S(=O)(=O)[O-])cccc12. The minimum absolute atomic E-state index is 0.0306. The highest BCUT2D eigenvalue weighted by Crippen LogP contribution is 2.50. The third-order valence-corrected chi connectivity index (χ3v) is 13.9. The zero-order valence-electron chi connectivity index (χ0n) is 35.2. The van der Waals surface area contributed by atoms with Gasteiger partial charge in [0, 0.05) is 101 Å². The van der Waals surface area contributed by atoms with Crippen LogP contribution in [0.4, 0.5) is 45.5 Å². The zero-order chi connectivity index (χ0) is 44.6. The van der Waals surface area contributed by atoms with Gasteiger partial charge in [0.2, 0.25) is 5.91 Å². The van der Waals surface area contributed by atoms with Crippen LogP contribution in [0.2, 0.25) is 0 Å². The van der Waals surface area contributed by atoms with Crippen LogP contribution < -0.4 is 29.8 Å². The number of hydrogen-bond donors (Lipinski definition) is 3. The van der Waals surface area contributed by atoms with E-state index in [0.29, 0.717) is 0 Å². The summed E-state index contributed by atoms with van der Waals surface area (Å²) in [6, 6.07) is 32.8. The molecule has 0 aromatic heterocycles. The van der Waals surface area contributed by atoms with E-state index < -0.39 is 30.0 Å². The number of fused-ring (bicyclic) bond motifs is 5. The molecule has 6 aromatic rings. The summed E-state index contributed by atoms with van der Waals surface area (Å²) in [4.78, 5) is 24.6. The van der Waals surface area contributed by atoms with Crippen molar-refractivity contribution in [2.24, 2.45) is 0 Å². The average molecular weight is 901 g/mol. The first-order chi connectivity index (χ1) is 28.6. The summed E-state index contributed by atoms with van der Waals surface area (Å²) in [7, 11) is 7.25. The fourth-order valence-electron chi connectivity index (χ4n) is 6.68. The molecule has 6 aromatic carbocycles.